The Kier molecular flexibility index (Phi) is 3.30. The molecule has 1 aromatic rings. The van der Waals surface area contributed by atoms with E-state index in [4.69, 9.17) is 0 Å². The molecule has 0 spiro atoms. The van der Waals surface area contributed by atoms with Crippen molar-refractivity contribution in [2.24, 2.45) is 5.92 Å². The van der Waals surface area contributed by atoms with Gasteiger partial charge in [-0.25, -0.2) is 0 Å². The lowest BCUT2D eigenvalue weighted by molar-refractivity contribution is 0.0902. The average Bonchev–Trinajstić information content (AvgIpc) is 3.04. The molecular weight excluding hydrogens is 278 g/mol. The van der Waals surface area contributed by atoms with Gasteiger partial charge in [-0.3, -0.25) is 4.79 Å². The van der Waals surface area contributed by atoms with Gasteiger partial charge in [0.05, 0.1) is 5.56 Å². The summed E-state index contributed by atoms with van der Waals surface area (Å²) in [4.78, 5) is 12.2. The number of rotatable bonds is 3. The second-order valence-electron chi connectivity index (χ2n) is 5.39. The number of benzene rings is 1. The lowest BCUT2D eigenvalue weighted by Crippen LogP contribution is -2.45. The minimum atomic E-state index is -0.0970. The van der Waals surface area contributed by atoms with Gasteiger partial charge in [-0.1, -0.05) is 12.1 Å². The molecule has 0 aliphatic heterocycles. The number of nitrogens with one attached hydrogen (secondary N) is 1. The lowest BCUT2D eigenvalue weighted by atomic mass is 9.98. The second kappa shape index (κ2) is 4.45. The van der Waals surface area contributed by atoms with Crippen LogP contribution in [-0.2, 0) is 0 Å². The van der Waals surface area contributed by atoms with Crippen LogP contribution in [0.5, 0.6) is 0 Å². The van der Waals surface area contributed by atoms with Crippen LogP contribution in [-0.4, -0.2) is 11.4 Å². The Morgan fingerprint density at radius 3 is 2.65 bits per heavy atom. The third kappa shape index (κ3) is 2.71. The molecule has 2 nitrogen and oxygen atoms in total. The van der Waals surface area contributed by atoms with E-state index in [1.165, 1.54) is 12.8 Å². The topological polar surface area (TPSA) is 29.1 Å². The summed E-state index contributed by atoms with van der Waals surface area (Å²) in [5, 5.41) is 3.13. The zero-order valence-electron chi connectivity index (χ0n) is 10.5. The maximum Gasteiger partial charge on any atom is 0.252 e. The minimum Gasteiger partial charge on any atom is -0.347 e. The number of carbonyl (C=O) groups excluding carboxylic acids is 1. The summed E-state index contributed by atoms with van der Waals surface area (Å²) in [6.07, 6.45) is 2.45. The molecule has 1 aliphatic rings. The van der Waals surface area contributed by atoms with Crippen LogP contribution in [0.15, 0.2) is 22.7 Å². The first-order valence-electron chi connectivity index (χ1n) is 5.99. The van der Waals surface area contributed by atoms with E-state index in [0.717, 1.165) is 15.6 Å². The summed E-state index contributed by atoms with van der Waals surface area (Å²) in [6.45, 7) is 6.20. The maximum atomic E-state index is 12.2. The molecule has 1 saturated carbocycles. The summed E-state index contributed by atoms with van der Waals surface area (Å²) in [5.41, 5.74) is 1.71. The molecule has 1 aliphatic carbocycles. The van der Waals surface area contributed by atoms with Crippen molar-refractivity contribution in [1.82, 2.24) is 5.32 Å². The molecule has 1 fully saturated rings. The SMILES string of the molecule is Cc1cccc(C(=O)NC(C)(C)C2CC2)c1Br. The van der Waals surface area contributed by atoms with Crippen LogP contribution in [0, 0.1) is 12.8 Å². The van der Waals surface area contributed by atoms with Crippen LogP contribution < -0.4 is 5.32 Å². The van der Waals surface area contributed by atoms with Gasteiger partial charge in [-0.15, -0.1) is 0 Å². The third-order valence-corrected chi connectivity index (χ3v) is 4.52. The zero-order valence-corrected chi connectivity index (χ0v) is 12.1. The number of amides is 1. The van der Waals surface area contributed by atoms with Crippen LogP contribution in [0.3, 0.4) is 0 Å². The summed E-state index contributed by atoms with van der Waals surface area (Å²) >= 11 is 3.48. The Balaban J connectivity index is 2.17. The third-order valence-electron chi connectivity index (χ3n) is 3.47. The molecule has 1 N–H and O–H groups in total. The molecular formula is C14H18BrNO. The van der Waals surface area contributed by atoms with Crippen molar-refractivity contribution in [3.05, 3.63) is 33.8 Å². The number of aryl methyl sites for hydroxylation is 1. The van der Waals surface area contributed by atoms with E-state index < -0.39 is 0 Å². The minimum absolute atomic E-state index is 0.0116. The summed E-state index contributed by atoms with van der Waals surface area (Å²) in [5.74, 6) is 0.646. The predicted octanol–water partition coefficient (Wildman–Crippen LogP) is 3.68. The quantitative estimate of drug-likeness (QED) is 0.906. The van der Waals surface area contributed by atoms with Gasteiger partial charge in [-0.05, 0) is 67.1 Å². The van der Waals surface area contributed by atoms with Crippen molar-refractivity contribution < 1.29 is 4.79 Å². The van der Waals surface area contributed by atoms with Crippen LogP contribution in [0.2, 0.25) is 0 Å². The van der Waals surface area contributed by atoms with Crippen LogP contribution >= 0.6 is 15.9 Å². The Morgan fingerprint density at radius 2 is 2.06 bits per heavy atom. The van der Waals surface area contributed by atoms with Gasteiger partial charge in [0.25, 0.3) is 5.91 Å². The van der Waals surface area contributed by atoms with E-state index in [0.29, 0.717) is 5.92 Å². The Bertz CT molecular complexity index is 450. The number of hydrogen-bond donors (Lipinski definition) is 1. The lowest BCUT2D eigenvalue weighted by Gasteiger charge is -2.26. The van der Waals surface area contributed by atoms with Crippen LogP contribution in [0.4, 0.5) is 0 Å². The summed E-state index contributed by atoms with van der Waals surface area (Å²) in [6, 6.07) is 5.77. The molecule has 0 aromatic heterocycles. The monoisotopic (exact) mass is 295 g/mol. The summed E-state index contributed by atoms with van der Waals surface area (Å²) < 4.78 is 0.893. The molecule has 0 atom stereocenters. The van der Waals surface area contributed by atoms with E-state index in [-0.39, 0.29) is 11.4 Å². The maximum absolute atomic E-state index is 12.2. The van der Waals surface area contributed by atoms with E-state index in [1.54, 1.807) is 0 Å². The van der Waals surface area contributed by atoms with Gasteiger partial charge in [0.2, 0.25) is 0 Å². The largest absolute Gasteiger partial charge is 0.347 e. The molecule has 92 valence electrons. The predicted molar refractivity (Wildman–Crippen MR) is 73.1 cm³/mol. The fourth-order valence-corrected chi connectivity index (χ4v) is 2.53. The smallest absolute Gasteiger partial charge is 0.252 e. The van der Waals surface area contributed by atoms with Crippen molar-refractivity contribution in [3.8, 4) is 0 Å². The van der Waals surface area contributed by atoms with E-state index in [1.807, 2.05) is 25.1 Å². The normalized spacial score (nSPS) is 15.8. The average molecular weight is 296 g/mol. The van der Waals surface area contributed by atoms with Gasteiger partial charge >= 0.3 is 0 Å². The number of carbonyl (C=O) groups is 1. The molecule has 3 heteroatoms. The molecule has 1 amide bonds. The van der Waals surface area contributed by atoms with Gasteiger partial charge in [0.1, 0.15) is 0 Å². The molecule has 0 saturated heterocycles. The van der Waals surface area contributed by atoms with Crippen molar-refractivity contribution in [1.29, 1.82) is 0 Å². The molecule has 2 rings (SSSR count). The molecule has 17 heavy (non-hydrogen) atoms. The van der Waals surface area contributed by atoms with Gasteiger partial charge in [-0.2, -0.15) is 0 Å². The Morgan fingerprint density at radius 1 is 1.41 bits per heavy atom. The highest BCUT2D eigenvalue weighted by molar-refractivity contribution is 9.10. The highest BCUT2D eigenvalue weighted by Gasteiger charge is 2.39. The molecule has 1 aromatic carbocycles. The Labute approximate surface area is 111 Å². The summed E-state index contributed by atoms with van der Waals surface area (Å²) in [7, 11) is 0. The zero-order chi connectivity index (χ0) is 12.6. The van der Waals surface area contributed by atoms with Gasteiger partial charge in [0.15, 0.2) is 0 Å². The fourth-order valence-electron chi connectivity index (χ4n) is 2.09. The van der Waals surface area contributed by atoms with Crippen LogP contribution in [0.1, 0.15) is 42.6 Å². The van der Waals surface area contributed by atoms with Crippen molar-refractivity contribution in [3.63, 3.8) is 0 Å². The van der Waals surface area contributed by atoms with Crippen molar-refractivity contribution in [2.75, 3.05) is 0 Å². The van der Waals surface area contributed by atoms with Crippen LogP contribution in [0.25, 0.3) is 0 Å². The molecule has 0 unspecified atom stereocenters. The van der Waals surface area contributed by atoms with Gasteiger partial charge < -0.3 is 5.32 Å². The standard InChI is InChI=1S/C14H18BrNO/c1-9-5-4-6-11(12(9)15)13(17)16-14(2,3)10-7-8-10/h4-6,10H,7-8H2,1-3H3,(H,16,17). The van der Waals surface area contributed by atoms with Gasteiger partial charge in [0, 0.05) is 10.0 Å². The molecule has 0 bridgehead atoms. The van der Waals surface area contributed by atoms with E-state index >= 15 is 0 Å². The second-order valence-corrected chi connectivity index (χ2v) is 6.18. The number of hydrogen-bond acceptors (Lipinski definition) is 1. The number of halogens is 1. The van der Waals surface area contributed by atoms with E-state index in [2.05, 4.69) is 35.1 Å². The Hall–Kier alpha value is -0.830. The highest BCUT2D eigenvalue weighted by Crippen LogP contribution is 2.39. The first-order valence-corrected chi connectivity index (χ1v) is 6.79. The molecule has 0 radical (unpaired) electrons. The van der Waals surface area contributed by atoms with Crippen molar-refractivity contribution in [2.45, 2.75) is 39.2 Å². The highest BCUT2D eigenvalue weighted by atomic mass is 79.9. The molecule has 0 heterocycles. The van der Waals surface area contributed by atoms with Crippen molar-refractivity contribution >= 4 is 21.8 Å². The first-order chi connectivity index (χ1) is 7.92. The van der Waals surface area contributed by atoms with E-state index in [9.17, 15) is 4.79 Å². The first kappa shape index (κ1) is 12.6. The fraction of sp³-hybridized carbons (Fsp3) is 0.500.